The van der Waals surface area contributed by atoms with Crippen molar-refractivity contribution in [1.29, 1.82) is 0 Å². The third-order valence-corrected chi connectivity index (χ3v) is 6.88. The predicted molar refractivity (Wildman–Crippen MR) is 118 cm³/mol. The second kappa shape index (κ2) is 8.43. The third-order valence-electron chi connectivity index (χ3n) is 6.88. The van der Waals surface area contributed by atoms with Crippen molar-refractivity contribution >= 4 is 26.1 Å². The van der Waals surface area contributed by atoms with Gasteiger partial charge in [0.15, 0.2) is 0 Å². The molecule has 5 rings (SSSR count). The summed E-state index contributed by atoms with van der Waals surface area (Å²) in [7, 11) is 0. The summed E-state index contributed by atoms with van der Waals surface area (Å²) in [6, 6.07) is 9.38. The summed E-state index contributed by atoms with van der Waals surface area (Å²) in [4.78, 5) is 4.98. The molecule has 2 saturated carbocycles. The van der Waals surface area contributed by atoms with Crippen molar-refractivity contribution in [3.05, 3.63) is 46.7 Å². The minimum absolute atomic E-state index is 0.552. The van der Waals surface area contributed by atoms with E-state index in [0.717, 1.165) is 23.8 Å². The van der Waals surface area contributed by atoms with E-state index in [9.17, 15) is 0 Å². The summed E-state index contributed by atoms with van der Waals surface area (Å²) >= 11 is 0. The minimum atomic E-state index is 0.552. The molecule has 2 heterocycles. The summed E-state index contributed by atoms with van der Waals surface area (Å²) in [5, 5.41) is 4.82. The molecule has 6 heteroatoms. The fourth-order valence-electron chi connectivity index (χ4n) is 5.21. The van der Waals surface area contributed by atoms with Crippen LogP contribution in [0.4, 0.5) is 0 Å². The number of fused-ring (bicyclic) bond motifs is 1. The molecular weight excluding hydrogens is 339 g/mol. The summed E-state index contributed by atoms with van der Waals surface area (Å²) in [5.74, 6) is 2.39. The Labute approximate surface area is 170 Å². The summed E-state index contributed by atoms with van der Waals surface area (Å²) in [6.07, 6.45) is 14.4. The van der Waals surface area contributed by atoms with Crippen molar-refractivity contribution in [3.63, 3.8) is 0 Å². The van der Waals surface area contributed by atoms with Gasteiger partial charge in [0.25, 0.3) is 0 Å². The van der Waals surface area contributed by atoms with Gasteiger partial charge in [0, 0.05) is 0 Å². The molecule has 2 aliphatic carbocycles. The van der Waals surface area contributed by atoms with E-state index in [1.54, 1.807) is 0 Å². The van der Waals surface area contributed by atoms with Crippen LogP contribution in [-0.4, -0.2) is 34.9 Å². The maximum atomic E-state index is 4.98. The fourth-order valence-corrected chi connectivity index (χ4v) is 5.21. The zero-order valence-corrected chi connectivity index (χ0v) is 16.8. The molecule has 140 valence electrons. The zero-order chi connectivity index (χ0) is 18.8. The maximum absolute atomic E-state index is 4.98. The molecule has 0 amide bonds. The molecule has 0 atom stereocenters. The standard InChI is InChI=1S/C22H28B3N3/c1-3-7-17(8-4-1)18-13-11-16(12-14-18)15-20-22-26-21(19-9-5-2-6-10-19)27-28(22)25-24-23-20/h11-14,17,19H,1-10,15H2. The van der Waals surface area contributed by atoms with Crippen LogP contribution in [0.3, 0.4) is 0 Å². The van der Waals surface area contributed by atoms with Crippen LogP contribution >= 0.6 is 0 Å². The molecule has 2 fully saturated rings. The van der Waals surface area contributed by atoms with Crippen molar-refractivity contribution < 1.29 is 0 Å². The molecule has 0 aliphatic heterocycles. The zero-order valence-electron chi connectivity index (χ0n) is 16.8. The normalized spacial score (nSPS) is 18.9. The number of aromatic nitrogens is 3. The van der Waals surface area contributed by atoms with E-state index in [2.05, 4.69) is 37.7 Å². The van der Waals surface area contributed by atoms with Crippen LogP contribution < -0.4 is 0 Å². The molecule has 0 N–H and O–H groups in total. The van der Waals surface area contributed by atoms with Crippen LogP contribution in [0.5, 0.6) is 0 Å². The Balaban J connectivity index is 1.36. The predicted octanol–water partition coefficient (Wildman–Crippen LogP) is 4.43. The molecule has 3 nitrogen and oxygen atoms in total. The number of nitrogens with zero attached hydrogens (tertiary/aromatic N) is 3. The molecule has 0 radical (unpaired) electrons. The average Bonchev–Trinajstić information content (AvgIpc) is 3.21. The van der Waals surface area contributed by atoms with Crippen LogP contribution in [0.15, 0.2) is 24.3 Å². The van der Waals surface area contributed by atoms with Gasteiger partial charge in [-0.2, -0.15) is 0 Å². The Hall–Kier alpha value is -1.58. The first-order chi connectivity index (χ1) is 13.9. The van der Waals surface area contributed by atoms with Crippen LogP contribution in [0.2, 0.25) is 0 Å². The van der Waals surface area contributed by atoms with Gasteiger partial charge < -0.3 is 0 Å². The molecule has 0 spiro atoms. The van der Waals surface area contributed by atoms with Gasteiger partial charge in [-0.05, 0) is 0 Å². The summed E-state index contributed by atoms with van der Waals surface area (Å²) in [5.41, 5.74) is 5.22. The van der Waals surface area contributed by atoms with Gasteiger partial charge in [-0.3, -0.25) is 0 Å². The number of hydrogen-bond donors (Lipinski definition) is 0. The van der Waals surface area contributed by atoms with Crippen molar-refractivity contribution in [1.82, 2.24) is 14.5 Å². The van der Waals surface area contributed by atoms with Crippen molar-refractivity contribution in [2.45, 2.75) is 82.5 Å². The van der Waals surface area contributed by atoms with E-state index in [4.69, 9.17) is 10.1 Å². The Morgan fingerprint density at radius 2 is 1.54 bits per heavy atom. The molecular formula is C22H28B3N3. The van der Waals surface area contributed by atoms with E-state index >= 15 is 0 Å². The summed E-state index contributed by atoms with van der Waals surface area (Å²) in [6.45, 7) is 6.37. The topological polar surface area (TPSA) is 30.2 Å². The Kier molecular flexibility index (Phi) is 5.55. The molecule has 0 saturated heterocycles. The van der Waals surface area contributed by atoms with Gasteiger partial charge in [-0.1, -0.05) is 0 Å². The van der Waals surface area contributed by atoms with E-state index < -0.39 is 0 Å². The van der Waals surface area contributed by atoms with E-state index in [0.29, 0.717) is 5.92 Å². The average molecular weight is 367 g/mol. The third kappa shape index (κ3) is 3.93. The van der Waals surface area contributed by atoms with Gasteiger partial charge >= 0.3 is 170 Å². The molecule has 0 unspecified atom stereocenters. The monoisotopic (exact) mass is 367 g/mol. The summed E-state index contributed by atoms with van der Waals surface area (Å²) < 4.78 is 2.00. The second-order valence-corrected chi connectivity index (χ2v) is 8.86. The van der Waals surface area contributed by atoms with E-state index in [-0.39, 0.29) is 0 Å². The van der Waals surface area contributed by atoms with Gasteiger partial charge in [0.05, 0.1) is 0 Å². The Bertz CT molecular complexity index is 926. The van der Waals surface area contributed by atoms with Crippen LogP contribution in [0, 0.1) is 0 Å². The van der Waals surface area contributed by atoms with E-state index in [1.807, 2.05) is 11.4 Å². The molecule has 2 aliphatic rings. The molecule has 0 bridgehead atoms. The van der Waals surface area contributed by atoms with Crippen molar-refractivity contribution in [2.75, 3.05) is 0 Å². The van der Waals surface area contributed by atoms with E-state index in [1.165, 1.54) is 80.8 Å². The number of hydrogen-bond acceptors (Lipinski definition) is 2. The van der Waals surface area contributed by atoms with Crippen LogP contribution in [0.1, 0.15) is 98.5 Å². The van der Waals surface area contributed by atoms with Crippen LogP contribution in [0.25, 0.3) is 5.65 Å². The molecule has 3 aromatic rings. The van der Waals surface area contributed by atoms with Crippen molar-refractivity contribution in [3.8, 4) is 0 Å². The molecule has 2 aromatic heterocycles. The second-order valence-electron chi connectivity index (χ2n) is 8.86. The van der Waals surface area contributed by atoms with Gasteiger partial charge in [-0.25, -0.2) is 0 Å². The first kappa shape index (κ1) is 18.5. The Morgan fingerprint density at radius 1 is 0.857 bits per heavy atom. The molecule has 28 heavy (non-hydrogen) atoms. The van der Waals surface area contributed by atoms with Gasteiger partial charge in [0.2, 0.25) is 0 Å². The van der Waals surface area contributed by atoms with Gasteiger partial charge in [-0.15, -0.1) is 0 Å². The van der Waals surface area contributed by atoms with Gasteiger partial charge in [0.1, 0.15) is 0 Å². The number of benzene rings is 1. The number of rotatable bonds is 4. The van der Waals surface area contributed by atoms with Crippen molar-refractivity contribution in [2.24, 2.45) is 0 Å². The SMILES string of the molecule is b1bc(Cc2ccc(C3CCCCC3)cc2)c2nc(C3CCCCC3)nn2b1. The first-order valence-corrected chi connectivity index (χ1v) is 11.3. The first-order valence-electron chi connectivity index (χ1n) is 11.3. The molecule has 1 aromatic carbocycles. The quantitative estimate of drug-likeness (QED) is 0.683. The Morgan fingerprint density at radius 3 is 2.25 bits per heavy atom. The van der Waals surface area contributed by atoms with Crippen LogP contribution in [-0.2, 0) is 6.42 Å². The fraction of sp³-hybridized carbons (Fsp3) is 0.591.